The van der Waals surface area contributed by atoms with Crippen molar-refractivity contribution in [3.8, 4) is 0 Å². The maximum atomic E-state index is 12.2. The second kappa shape index (κ2) is 5.75. The molecule has 0 unspecified atom stereocenters. The molecule has 1 aromatic rings. The molecular weight excluding hydrogens is 250 g/mol. The predicted molar refractivity (Wildman–Crippen MR) is 69.7 cm³/mol. The Balaban J connectivity index is 2.09. The SMILES string of the molecule is CCCc1nnsc1C(=O)NC1(CO)CCCC1. The van der Waals surface area contributed by atoms with E-state index in [0.29, 0.717) is 4.88 Å². The average Bonchev–Trinajstić information content (AvgIpc) is 2.99. The summed E-state index contributed by atoms with van der Waals surface area (Å²) in [6.07, 6.45) is 5.53. The zero-order valence-corrected chi connectivity index (χ0v) is 11.4. The van der Waals surface area contributed by atoms with Crippen molar-refractivity contribution < 1.29 is 9.90 Å². The van der Waals surface area contributed by atoms with Gasteiger partial charge in [-0.05, 0) is 30.8 Å². The molecule has 1 amide bonds. The number of rotatable bonds is 5. The molecule has 1 aliphatic rings. The third-order valence-corrected chi connectivity index (χ3v) is 4.26. The fourth-order valence-electron chi connectivity index (χ4n) is 2.45. The molecule has 2 rings (SSSR count). The summed E-state index contributed by atoms with van der Waals surface area (Å²) in [4.78, 5) is 12.8. The largest absolute Gasteiger partial charge is 0.394 e. The molecule has 1 aliphatic carbocycles. The molecule has 100 valence electrons. The van der Waals surface area contributed by atoms with E-state index in [-0.39, 0.29) is 12.5 Å². The maximum absolute atomic E-state index is 12.2. The van der Waals surface area contributed by atoms with E-state index in [1.165, 1.54) is 0 Å². The first-order chi connectivity index (χ1) is 8.71. The van der Waals surface area contributed by atoms with Gasteiger partial charge >= 0.3 is 0 Å². The van der Waals surface area contributed by atoms with Crippen molar-refractivity contribution in [1.82, 2.24) is 14.9 Å². The fourth-order valence-corrected chi connectivity index (χ4v) is 3.06. The molecule has 18 heavy (non-hydrogen) atoms. The standard InChI is InChI=1S/C12H19N3O2S/c1-2-5-9-10(18-15-14-9)11(17)13-12(8-16)6-3-4-7-12/h16H,2-8H2,1H3,(H,13,17). The van der Waals surface area contributed by atoms with Crippen molar-refractivity contribution in [1.29, 1.82) is 0 Å². The van der Waals surface area contributed by atoms with Gasteiger partial charge in [-0.1, -0.05) is 30.7 Å². The summed E-state index contributed by atoms with van der Waals surface area (Å²) >= 11 is 1.14. The van der Waals surface area contributed by atoms with Gasteiger partial charge in [-0.2, -0.15) is 0 Å². The van der Waals surface area contributed by atoms with Crippen molar-refractivity contribution in [2.45, 2.75) is 51.0 Å². The second-order valence-electron chi connectivity index (χ2n) is 4.90. The van der Waals surface area contributed by atoms with E-state index < -0.39 is 5.54 Å². The van der Waals surface area contributed by atoms with Crippen molar-refractivity contribution >= 4 is 17.4 Å². The van der Waals surface area contributed by atoms with Crippen LogP contribution in [-0.4, -0.2) is 32.7 Å². The number of nitrogens with one attached hydrogen (secondary N) is 1. The van der Waals surface area contributed by atoms with Crippen molar-refractivity contribution in [3.63, 3.8) is 0 Å². The van der Waals surface area contributed by atoms with Gasteiger partial charge < -0.3 is 10.4 Å². The van der Waals surface area contributed by atoms with E-state index in [9.17, 15) is 9.90 Å². The first kappa shape index (κ1) is 13.4. The van der Waals surface area contributed by atoms with Crippen LogP contribution in [0, 0.1) is 0 Å². The van der Waals surface area contributed by atoms with Crippen LogP contribution in [0.1, 0.15) is 54.4 Å². The molecule has 0 bridgehead atoms. The van der Waals surface area contributed by atoms with E-state index >= 15 is 0 Å². The minimum Gasteiger partial charge on any atom is -0.394 e. The molecule has 6 heteroatoms. The fraction of sp³-hybridized carbons (Fsp3) is 0.750. The van der Waals surface area contributed by atoms with Crippen LogP contribution in [0.5, 0.6) is 0 Å². The Morgan fingerprint density at radius 2 is 2.22 bits per heavy atom. The highest BCUT2D eigenvalue weighted by Crippen LogP contribution is 2.29. The topological polar surface area (TPSA) is 75.1 Å². The highest BCUT2D eigenvalue weighted by atomic mass is 32.1. The Morgan fingerprint density at radius 1 is 1.50 bits per heavy atom. The third-order valence-electron chi connectivity index (χ3n) is 3.49. The Bertz CT molecular complexity index is 413. The Labute approximate surface area is 111 Å². The summed E-state index contributed by atoms with van der Waals surface area (Å²) in [7, 11) is 0. The smallest absolute Gasteiger partial charge is 0.265 e. The Hall–Kier alpha value is -1.01. The van der Waals surface area contributed by atoms with Crippen molar-refractivity contribution in [2.24, 2.45) is 0 Å². The Morgan fingerprint density at radius 3 is 2.83 bits per heavy atom. The van der Waals surface area contributed by atoms with Crippen LogP contribution < -0.4 is 5.32 Å². The summed E-state index contributed by atoms with van der Waals surface area (Å²) < 4.78 is 3.85. The van der Waals surface area contributed by atoms with Gasteiger partial charge in [0.15, 0.2) is 0 Å². The highest BCUT2D eigenvalue weighted by Gasteiger charge is 2.35. The van der Waals surface area contributed by atoms with E-state index in [0.717, 1.165) is 55.8 Å². The summed E-state index contributed by atoms with van der Waals surface area (Å²) in [5.74, 6) is -0.135. The number of aliphatic hydroxyl groups excluding tert-OH is 1. The lowest BCUT2D eigenvalue weighted by Crippen LogP contribution is -2.49. The van der Waals surface area contributed by atoms with E-state index in [1.54, 1.807) is 0 Å². The van der Waals surface area contributed by atoms with Gasteiger partial charge in [-0.15, -0.1) is 5.10 Å². The van der Waals surface area contributed by atoms with Crippen molar-refractivity contribution in [2.75, 3.05) is 6.61 Å². The number of aryl methyl sites for hydroxylation is 1. The molecule has 0 saturated heterocycles. The predicted octanol–water partition coefficient (Wildman–Crippen LogP) is 1.53. The number of carbonyl (C=O) groups excluding carboxylic acids is 1. The summed E-state index contributed by atoms with van der Waals surface area (Å²) in [5.41, 5.74) is 0.343. The van der Waals surface area contributed by atoms with Gasteiger partial charge in [-0.25, -0.2) is 0 Å². The summed E-state index contributed by atoms with van der Waals surface area (Å²) in [6, 6.07) is 0. The monoisotopic (exact) mass is 269 g/mol. The van der Waals surface area contributed by atoms with Gasteiger partial charge in [0.2, 0.25) is 0 Å². The second-order valence-corrected chi connectivity index (χ2v) is 5.65. The number of aromatic nitrogens is 2. The van der Waals surface area contributed by atoms with Crippen LogP contribution in [0.15, 0.2) is 0 Å². The summed E-state index contributed by atoms with van der Waals surface area (Å²) in [6.45, 7) is 2.06. The van der Waals surface area contributed by atoms with E-state index in [1.807, 2.05) is 6.92 Å². The highest BCUT2D eigenvalue weighted by molar-refractivity contribution is 7.08. The molecular formula is C12H19N3O2S. The Kier molecular flexibility index (Phi) is 4.29. The molecule has 0 atom stereocenters. The molecule has 1 fully saturated rings. The number of aliphatic hydroxyl groups is 1. The van der Waals surface area contributed by atoms with Crippen LogP contribution in [0.3, 0.4) is 0 Å². The van der Waals surface area contributed by atoms with Crippen LogP contribution in [0.4, 0.5) is 0 Å². The number of hydrogen-bond donors (Lipinski definition) is 2. The molecule has 1 saturated carbocycles. The molecule has 1 heterocycles. The van der Waals surface area contributed by atoms with Gasteiger partial charge in [0.25, 0.3) is 5.91 Å². The number of nitrogens with zero attached hydrogens (tertiary/aromatic N) is 2. The minimum absolute atomic E-state index is 0.00802. The molecule has 5 nitrogen and oxygen atoms in total. The lowest BCUT2D eigenvalue weighted by Gasteiger charge is -2.27. The number of hydrogen-bond acceptors (Lipinski definition) is 5. The molecule has 0 spiro atoms. The van der Waals surface area contributed by atoms with Crippen LogP contribution >= 0.6 is 11.5 Å². The zero-order chi connectivity index (χ0) is 13.0. The van der Waals surface area contributed by atoms with E-state index in [2.05, 4.69) is 14.9 Å². The van der Waals surface area contributed by atoms with Gasteiger partial charge in [-0.3, -0.25) is 4.79 Å². The quantitative estimate of drug-likeness (QED) is 0.850. The molecule has 0 radical (unpaired) electrons. The first-order valence-corrected chi connectivity index (χ1v) is 7.23. The average molecular weight is 269 g/mol. The van der Waals surface area contributed by atoms with Crippen LogP contribution in [0.25, 0.3) is 0 Å². The molecule has 1 aromatic heterocycles. The van der Waals surface area contributed by atoms with Gasteiger partial charge in [0.05, 0.1) is 17.8 Å². The first-order valence-electron chi connectivity index (χ1n) is 6.45. The molecule has 2 N–H and O–H groups in total. The normalized spacial score (nSPS) is 17.9. The van der Waals surface area contributed by atoms with Gasteiger partial charge in [0.1, 0.15) is 4.88 Å². The lowest BCUT2D eigenvalue weighted by molar-refractivity contribution is 0.0841. The van der Waals surface area contributed by atoms with Crippen LogP contribution in [0.2, 0.25) is 0 Å². The molecule has 0 aliphatic heterocycles. The number of carbonyl (C=O) groups is 1. The van der Waals surface area contributed by atoms with Crippen molar-refractivity contribution in [3.05, 3.63) is 10.6 Å². The van der Waals surface area contributed by atoms with Gasteiger partial charge in [0, 0.05) is 0 Å². The number of amides is 1. The van der Waals surface area contributed by atoms with E-state index in [4.69, 9.17) is 0 Å². The summed E-state index contributed by atoms with van der Waals surface area (Å²) in [5, 5.41) is 16.5. The van der Waals surface area contributed by atoms with Crippen LogP contribution in [-0.2, 0) is 6.42 Å². The zero-order valence-electron chi connectivity index (χ0n) is 10.6. The third kappa shape index (κ3) is 2.70. The maximum Gasteiger partial charge on any atom is 0.265 e. The lowest BCUT2D eigenvalue weighted by atomic mass is 9.98. The molecule has 0 aromatic carbocycles. The minimum atomic E-state index is -0.426.